The van der Waals surface area contributed by atoms with Gasteiger partial charge in [0.05, 0.1) is 5.03 Å². The highest BCUT2D eigenvalue weighted by Crippen LogP contribution is 2.18. The average molecular weight is 344 g/mol. The highest BCUT2D eigenvalue weighted by atomic mass is 79.9. The van der Waals surface area contributed by atoms with Gasteiger partial charge < -0.3 is 5.32 Å². The van der Waals surface area contributed by atoms with Crippen LogP contribution >= 0.6 is 39.3 Å². The molecule has 94 valence electrons. The third kappa shape index (κ3) is 4.52. The van der Waals surface area contributed by atoms with E-state index in [0.717, 1.165) is 32.5 Å². The molecule has 18 heavy (non-hydrogen) atoms. The lowest BCUT2D eigenvalue weighted by Gasteiger charge is -2.06. The predicted octanol–water partition coefficient (Wildman–Crippen LogP) is 4.70. The topological polar surface area (TPSA) is 24.9 Å². The lowest BCUT2D eigenvalue weighted by Crippen LogP contribution is -2.03. The van der Waals surface area contributed by atoms with Gasteiger partial charge in [0.15, 0.2) is 0 Å². The summed E-state index contributed by atoms with van der Waals surface area (Å²) >= 11 is 11.0. The number of thioether (sulfide) groups is 1. The number of hydrogen-bond donors (Lipinski definition) is 1. The molecular weight excluding hydrogens is 332 g/mol. The number of anilines is 1. The second-order valence-corrected chi connectivity index (χ2v) is 6.07. The number of nitrogens with zero attached hydrogens (tertiary/aromatic N) is 1. The number of halogens is 2. The van der Waals surface area contributed by atoms with Gasteiger partial charge in [-0.25, -0.2) is 4.98 Å². The van der Waals surface area contributed by atoms with E-state index in [-0.39, 0.29) is 0 Å². The summed E-state index contributed by atoms with van der Waals surface area (Å²) in [6, 6.07) is 11.7. The van der Waals surface area contributed by atoms with Crippen molar-refractivity contribution in [2.75, 3.05) is 17.6 Å². The highest BCUT2D eigenvalue weighted by molar-refractivity contribution is 9.10. The number of hydrogen-bond acceptors (Lipinski definition) is 3. The monoisotopic (exact) mass is 342 g/mol. The quantitative estimate of drug-likeness (QED) is 0.629. The molecule has 5 heteroatoms. The molecule has 0 saturated heterocycles. The highest BCUT2D eigenvalue weighted by Gasteiger charge is 1.96. The van der Waals surface area contributed by atoms with Crippen LogP contribution < -0.4 is 5.32 Å². The molecule has 0 aliphatic rings. The number of rotatable bonds is 5. The standard InChI is InChI=1S/C13H12BrClN2S/c14-10-4-5-13(17-9-10)18-7-6-16-12-3-1-2-11(15)8-12/h1-5,8-9,16H,6-7H2. The van der Waals surface area contributed by atoms with Crippen molar-refractivity contribution in [2.45, 2.75) is 5.03 Å². The molecule has 1 aromatic heterocycles. The van der Waals surface area contributed by atoms with Crippen LogP contribution in [0.2, 0.25) is 5.02 Å². The Morgan fingerprint density at radius 3 is 2.89 bits per heavy atom. The predicted molar refractivity (Wildman–Crippen MR) is 82.6 cm³/mol. The minimum Gasteiger partial charge on any atom is -0.384 e. The summed E-state index contributed by atoms with van der Waals surface area (Å²) in [7, 11) is 0. The van der Waals surface area contributed by atoms with Gasteiger partial charge in [-0.1, -0.05) is 17.7 Å². The first-order valence-electron chi connectivity index (χ1n) is 5.48. The maximum absolute atomic E-state index is 5.91. The van der Waals surface area contributed by atoms with Gasteiger partial charge in [-0.15, -0.1) is 11.8 Å². The Balaban J connectivity index is 1.74. The first-order valence-corrected chi connectivity index (χ1v) is 7.63. The smallest absolute Gasteiger partial charge is 0.0961 e. The van der Waals surface area contributed by atoms with Crippen LogP contribution in [0.5, 0.6) is 0 Å². The van der Waals surface area contributed by atoms with Crippen molar-refractivity contribution in [3.05, 3.63) is 52.1 Å². The Morgan fingerprint density at radius 1 is 1.28 bits per heavy atom. The van der Waals surface area contributed by atoms with Crippen LogP contribution in [0.4, 0.5) is 5.69 Å². The lowest BCUT2D eigenvalue weighted by molar-refractivity contribution is 1.12. The van der Waals surface area contributed by atoms with Crippen molar-refractivity contribution in [2.24, 2.45) is 0 Å². The number of aromatic nitrogens is 1. The van der Waals surface area contributed by atoms with E-state index in [9.17, 15) is 0 Å². The van der Waals surface area contributed by atoms with Gasteiger partial charge in [-0.05, 0) is 46.3 Å². The summed E-state index contributed by atoms with van der Waals surface area (Å²) in [6.07, 6.45) is 1.81. The number of nitrogens with one attached hydrogen (secondary N) is 1. The molecule has 0 bridgehead atoms. The summed E-state index contributed by atoms with van der Waals surface area (Å²) in [4.78, 5) is 4.30. The van der Waals surface area contributed by atoms with E-state index in [2.05, 4.69) is 26.2 Å². The van der Waals surface area contributed by atoms with Crippen LogP contribution in [0.3, 0.4) is 0 Å². The first-order chi connectivity index (χ1) is 8.74. The van der Waals surface area contributed by atoms with Crippen LogP contribution in [-0.2, 0) is 0 Å². The van der Waals surface area contributed by atoms with Crippen molar-refractivity contribution in [1.29, 1.82) is 0 Å². The molecule has 0 aliphatic heterocycles. The Hall–Kier alpha value is -0.710. The van der Waals surface area contributed by atoms with Gasteiger partial charge in [-0.3, -0.25) is 0 Å². The van der Waals surface area contributed by atoms with Gasteiger partial charge in [0, 0.05) is 33.7 Å². The molecule has 0 amide bonds. The van der Waals surface area contributed by atoms with Crippen LogP contribution in [0.1, 0.15) is 0 Å². The summed E-state index contributed by atoms with van der Waals surface area (Å²) in [6.45, 7) is 0.878. The van der Waals surface area contributed by atoms with Crippen LogP contribution in [0.25, 0.3) is 0 Å². The van der Waals surface area contributed by atoms with Crippen molar-refractivity contribution in [3.8, 4) is 0 Å². The number of pyridine rings is 1. The largest absolute Gasteiger partial charge is 0.384 e. The fourth-order valence-electron chi connectivity index (χ4n) is 1.40. The summed E-state index contributed by atoms with van der Waals surface area (Å²) in [5.41, 5.74) is 1.05. The normalized spacial score (nSPS) is 10.3. The molecule has 1 heterocycles. The van der Waals surface area contributed by atoms with Gasteiger partial charge in [-0.2, -0.15) is 0 Å². The fraction of sp³-hybridized carbons (Fsp3) is 0.154. The van der Waals surface area contributed by atoms with Crippen LogP contribution in [0, 0.1) is 0 Å². The third-order valence-corrected chi connectivity index (χ3v) is 3.86. The molecule has 0 fully saturated rings. The Labute approximate surface area is 124 Å². The van der Waals surface area contributed by atoms with Gasteiger partial charge in [0.1, 0.15) is 0 Å². The Bertz CT molecular complexity index is 505. The van der Waals surface area contributed by atoms with E-state index in [4.69, 9.17) is 11.6 Å². The van der Waals surface area contributed by atoms with Crippen molar-refractivity contribution < 1.29 is 0 Å². The van der Waals surface area contributed by atoms with Gasteiger partial charge in [0.25, 0.3) is 0 Å². The van der Waals surface area contributed by atoms with Gasteiger partial charge >= 0.3 is 0 Å². The molecule has 2 aromatic rings. The summed E-state index contributed by atoms with van der Waals surface area (Å²) in [5.74, 6) is 0.959. The molecular formula is C13H12BrClN2S. The van der Waals surface area contributed by atoms with Crippen LogP contribution in [-0.4, -0.2) is 17.3 Å². The zero-order chi connectivity index (χ0) is 12.8. The fourth-order valence-corrected chi connectivity index (χ4v) is 2.53. The summed E-state index contributed by atoms with van der Waals surface area (Å²) in [5, 5.41) is 5.11. The van der Waals surface area contributed by atoms with Gasteiger partial charge in [0.2, 0.25) is 0 Å². The van der Waals surface area contributed by atoms with Crippen LogP contribution in [0.15, 0.2) is 52.1 Å². The minimum absolute atomic E-state index is 0.752. The molecule has 1 aromatic carbocycles. The maximum atomic E-state index is 5.91. The Morgan fingerprint density at radius 2 is 2.17 bits per heavy atom. The zero-order valence-corrected chi connectivity index (χ0v) is 12.7. The van der Waals surface area contributed by atoms with E-state index in [1.165, 1.54) is 0 Å². The molecule has 0 radical (unpaired) electrons. The van der Waals surface area contributed by atoms with E-state index < -0.39 is 0 Å². The molecule has 0 atom stereocenters. The molecule has 2 rings (SSSR count). The molecule has 0 unspecified atom stereocenters. The van der Waals surface area contributed by atoms with Crippen molar-refractivity contribution >= 4 is 45.0 Å². The molecule has 2 nitrogen and oxygen atoms in total. The molecule has 0 aliphatic carbocycles. The summed E-state index contributed by atoms with van der Waals surface area (Å²) < 4.78 is 1.00. The second kappa shape index (κ2) is 7.02. The number of benzene rings is 1. The van der Waals surface area contributed by atoms with E-state index in [1.54, 1.807) is 11.8 Å². The van der Waals surface area contributed by atoms with E-state index in [1.807, 2.05) is 42.6 Å². The molecule has 0 spiro atoms. The van der Waals surface area contributed by atoms with Crippen molar-refractivity contribution in [1.82, 2.24) is 4.98 Å². The Kier molecular flexibility index (Phi) is 5.35. The maximum Gasteiger partial charge on any atom is 0.0961 e. The SMILES string of the molecule is Clc1cccc(NCCSc2ccc(Br)cn2)c1. The average Bonchev–Trinajstić information content (AvgIpc) is 2.37. The first kappa shape index (κ1) is 13.7. The van der Waals surface area contributed by atoms with E-state index >= 15 is 0 Å². The lowest BCUT2D eigenvalue weighted by atomic mass is 10.3. The zero-order valence-electron chi connectivity index (χ0n) is 9.57. The third-order valence-electron chi connectivity index (χ3n) is 2.21. The molecule has 0 saturated carbocycles. The van der Waals surface area contributed by atoms with Crippen molar-refractivity contribution in [3.63, 3.8) is 0 Å². The minimum atomic E-state index is 0.752. The molecule has 1 N–H and O–H groups in total. The second-order valence-electron chi connectivity index (χ2n) is 3.60. The van der Waals surface area contributed by atoms with E-state index in [0.29, 0.717) is 0 Å².